The smallest absolute Gasteiger partial charge is 0.193 e. The van der Waals surface area contributed by atoms with Crippen molar-refractivity contribution in [3.63, 3.8) is 0 Å². The number of nitrogens with zero attached hydrogens (tertiary/aromatic N) is 3. The van der Waals surface area contributed by atoms with E-state index in [0.29, 0.717) is 5.75 Å². The SMILES string of the molecule is CN=C(NCC(C)(C)c1ccc(OC)cc1)N1CCN(c2ccccc2O)CC1. The second-order valence-electron chi connectivity index (χ2n) is 7.98. The molecule has 3 rings (SSSR count). The molecule has 2 aromatic carbocycles. The molecule has 1 heterocycles. The number of phenolic OH excluding ortho intramolecular Hbond substituents is 1. The van der Waals surface area contributed by atoms with Crippen LogP contribution in [0.2, 0.25) is 0 Å². The fourth-order valence-corrected chi connectivity index (χ4v) is 3.67. The number of benzene rings is 2. The number of hydrogen-bond donors (Lipinski definition) is 2. The van der Waals surface area contributed by atoms with E-state index < -0.39 is 0 Å². The molecule has 1 fully saturated rings. The lowest BCUT2D eigenvalue weighted by Crippen LogP contribution is -2.54. The molecular weight excluding hydrogens is 364 g/mol. The average molecular weight is 397 g/mol. The van der Waals surface area contributed by atoms with Crippen LogP contribution in [0.4, 0.5) is 5.69 Å². The van der Waals surface area contributed by atoms with Crippen molar-refractivity contribution in [3.05, 3.63) is 54.1 Å². The molecule has 0 aromatic heterocycles. The van der Waals surface area contributed by atoms with E-state index in [1.807, 2.05) is 37.4 Å². The molecule has 0 aliphatic carbocycles. The lowest BCUT2D eigenvalue weighted by molar-refractivity contribution is 0.364. The number of hydrogen-bond acceptors (Lipinski definition) is 4. The van der Waals surface area contributed by atoms with Gasteiger partial charge in [0.2, 0.25) is 0 Å². The van der Waals surface area contributed by atoms with Gasteiger partial charge in [0.1, 0.15) is 11.5 Å². The molecule has 2 aromatic rings. The number of phenols is 1. The average Bonchev–Trinajstić information content (AvgIpc) is 2.75. The summed E-state index contributed by atoms with van der Waals surface area (Å²) in [5.74, 6) is 2.13. The molecule has 1 saturated heterocycles. The third-order valence-corrected chi connectivity index (χ3v) is 5.57. The van der Waals surface area contributed by atoms with Gasteiger partial charge in [-0.2, -0.15) is 0 Å². The number of methoxy groups -OCH3 is 1. The zero-order valence-corrected chi connectivity index (χ0v) is 17.9. The molecule has 1 aliphatic rings. The number of ether oxygens (including phenoxy) is 1. The summed E-state index contributed by atoms with van der Waals surface area (Å²) in [5, 5.41) is 13.6. The number of nitrogens with one attached hydrogen (secondary N) is 1. The first-order chi connectivity index (χ1) is 13.9. The second kappa shape index (κ2) is 9.07. The van der Waals surface area contributed by atoms with Gasteiger partial charge >= 0.3 is 0 Å². The van der Waals surface area contributed by atoms with Crippen molar-refractivity contribution < 1.29 is 9.84 Å². The number of piperazine rings is 1. The van der Waals surface area contributed by atoms with E-state index in [-0.39, 0.29) is 5.41 Å². The van der Waals surface area contributed by atoms with E-state index in [1.165, 1.54) is 5.56 Å². The van der Waals surface area contributed by atoms with Crippen molar-refractivity contribution >= 4 is 11.6 Å². The summed E-state index contributed by atoms with van der Waals surface area (Å²) < 4.78 is 5.26. The maximum Gasteiger partial charge on any atom is 0.193 e. The lowest BCUT2D eigenvalue weighted by atomic mass is 9.84. The predicted octanol–water partition coefficient (Wildman–Crippen LogP) is 3.08. The zero-order chi connectivity index (χ0) is 20.9. The molecule has 0 atom stereocenters. The van der Waals surface area contributed by atoms with Crippen LogP contribution in [-0.4, -0.2) is 62.8 Å². The Kier molecular flexibility index (Phi) is 6.52. The van der Waals surface area contributed by atoms with Crippen molar-refractivity contribution in [2.24, 2.45) is 4.99 Å². The fraction of sp³-hybridized carbons (Fsp3) is 0.435. The monoisotopic (exact) mass is 396 g/mol. The normalized spacial score (nSPS) is 15.4. The molecule has 156 valence electrons. The van der Waals surface area contributed by atoms with Crippen LogP contribution in [-0.2, 0) is 5.41 Å². The van der Waals surface area contributed by atoms with Crippen LogP contribution in [0.15, 0.2) is 53.5 Å². The molecule has 6 heteroatoms. The van der Waals surface area contributed by atoms with Gasteiger partial charge in [0, 0.05) is 45.2 Å². The Morgan fingerprint density at radius 1 is 1.07 bits per heavy atom. The Bertz CT molecular complexity index is 825. The standard InChI is InChI=1S/C23H32N4O2/c1-23(2,18-9-11-19(29-4)12-10-18)17-25-22(24-3)27-15-13-26(14-16-27)20-7-5-6-8-21(20)28/h5-12,28H,13-17H2,1-4H3,(H,24,25). The van der Waals surface area contributed by atoms with Crippen LogP contribution in [0.5, 0.6) is 11.5 Å². The Hall–Kier alpha value is -2.89. The van der Waals surface area contributed by atoms with Gasteiger partial charge in [0.25, 0.3) is 0 Å². The van der Waals surface area contributed by atoms with E-state index in [2.05, 4.69) is 46.1 Å². The van der Waals surface area contributed by atoms with E-state index >= 15 is 0 Å². The minimum atomic E-state index is -0.0418. The lowest BCUT2D eigenvalue weighted by Gasteiger charge is -2.38. The minimum Gasteiger partial charge on any atom is -0.506 e. The van der Waals surface area contributed by atoms with Gasteiger partial charge in [-0.05, 0) is 29.8 Å². The van der Waals surface area contributed by atoms with Crippen LogP contribution < -0.4 is 15.0 Å². The van der Waals surface area contributed by atoms with Crippen molar-refractivity contribution in [1.29, 1.82) is 0 Å². The van der Waals surface area contributed by atoms with Gasteiger partial charge < -0.3 is 25.0 Å². The molecular formula is C23H32N4O2. The van der Waals surface area contributed by atoms with Crippen LogP contribution >= 0.6 is 0 Å². The van der Waals surface area contributed by atoms with E-state index in [4.69, 9.17) is 4.74 Å². The number of anilines is 1. The summed E-state index contributed by atoms with van der Waals surface area (Å²) in [5.41, 5.74) is 2.11. The first-order valence-corrected chi connectivity index (χ1v) is 10.1. The maximum atomic E-state index is 10.1. The van der Waals surface area contributed by atoms with Gasteiger partial charge in [-0.25, -0.2) is 0 Å². The van der Waals surface area contributed by atoms with Gasteiger partial charge in [0.15, 0.2) is 5.96 Å². The van der Waals surface area contributed by atoms with Crippen molar-refractivity contribution in [3.8, 4) is 11.5 Å². The van der Waals surface area contributed by atoms with Gasteiger partial charge in [0.05, 0.1) is 12.8 Å². The number of aromatic hydroxyl groups is 1. The van der Waals surface area contributed by atoms with Crippen molar-refractivity contribution in [1.82, 2.24) is 10.2 Å². The molecule has 1 aliphatic heterocycles. The third-order valence-electron chi connectivity index (χ3n) is 5.57. The van der Waals surface area contributed by atoms with E-state index in [1.54, 1.807) is 13.2 Å². The van der Waals surface area contributed by atoms with Crippen LogP contribution in [0, 0.1) is 0 Å². The molecule has 2 N–H and O–H groups in total. The third kappa shape index (κ3) is 4.94. The largest absolute Gasteiger partial charge is 0.506 e. The Balaban J connectivity index is 1.57. The maximum absolute atomic E-state index is 10.1. The summed E-state index contributed by atoms with van der Waals surface area (Å²) in [6.45, 7) is 8.65. The fourth-order valence-electron chi connectivity index (χ4n) is 3.67. The van der Waals surface area contributed by atoms with E-state index in [0.717, 1.165) is 50.1 Å². The molecule has 0 spiro atoms. The quantitative estimate of drug-likeness (QED) is 0.601. The molecule has 29 heavy (non-hydrogen) atoms. The second-order valence-corrected chi connectivity index (χ2v) is 7.98. The molecule has 0 saturated carbocycles. The zero-order valence-electron chi connectivity index (χ0n) is 17.9. The Morgan fingerprint density at radius 2 is 1.72 bits per heavy atom. The highest BCUT2D eigenvalue weighted by atomic mass is 16.5. The molecule has 0 bridgehead atoms. The summed E-state index contributed by atoms with van der Waals surface area (Å²) >= 11 is 0. The van der Waals surface area contributed by atoms with Gasteiger partial charge in [-0.15, -0.1) is 0 Å². The van der Waals surface area contributed by atoms with Gasteiger partial charge in [-0.3, -0.25) is 4.99 Å². The minimum absolute atomic E-state index is 0.0418. The number of guanidine groups is 1. The van der Waals surface area contributed by atoms with Crippen LogP contribution in [0.1, 0.15) is 19.4 Å². The van der Waals surface area contributed by atoms with Crippen molar-refractivity contribution in [2.45, 2.75) is 19.3 Å². The molecule has 0 radical (unpaired) electrons. The predicted molar refractivity (Wildman–Crippen MR) is 119 cm³/mol. The first kappa shape index (κ1) is 20.8. The van der Waals surface area contributed by atoms with Gasteiger partial charge in [-0.1, -0.05) is 38.1 Å². The number of aliphatic imine (C=N–C) groups is 1. The highest BCUT2D eigenvalue weighted by molar-refractivity contribution is 5.80. The summed E-state index contributed by atoms with van der Waals surface area (Å²) in [6.07, 6.45) is 0. The Labute approximate surface area is 173 Å². The van der Waals surface area contributed by atoms with E-state index in [9.17, 15) is 5.11 Å². The highest BCUT2D eigenvalue weighted by Gasteiger charge is 2.25. The summed E-state index contributed by atoms with van der Waals surface area (Å²) in [4.78, 5) is 9.00. The Morgan fingerprint density at radius 3 is 2.31 bits per heavy atom. The number of rotatable bonds is 5. The summed E-state index contributed by atoms with van der Waals surface area (Å²) in [7, 11) is 3.52. The first-order valence-electron chi connectivity index (χ1n) is 10.1. The molecule has 0 unspecified atom stereocenters. The number of para-hydroxylation sites is 2. The topological polar surface area (TPSA) is 60.3 Å². The molecule has 0 amide bonds. The summed E-state index contributed by atoms with van der Waals surface area (Å²) in [6, 6.07) is 15.8. The highest BCUT2D eigenvalue weighted by Crippen LogP contribution is 2.27. The van der Waals surface area contributed by atoms with Crippen LogP contribution in [0.25, 0.3) is 0 Å². The molecule has 6 nitrogen and oxygen atoms in total. The van der Waals surface area contributed by atoms with Crippen LogP contribution in [0.3, 0.4) is 0 Å². The van der Waals surface area contributed by atoms with Crippen molar-refractivity contribution in [2.75, 3.05) is 51.8 Å².